The number of carbonyl (C=O) groups is 1. The summed E-state index contributed by atoms with van der Waals surface area (Å²) in [4.78, 5) is 24.6. The number of aromatic hydroxyl groups is 1. The zero-order chi connectivity index (χ0) is 18.5. The number of esters is 1. The lowest BCUT2D eigenvalue weighted by molar-refractivity contribution is -0.144. The van der Waals surface area contributed by atoms with Crippen LogP contribution in [0.2, 0.25) is 0 Å². The van der Waals surface area contributed by atoms with Gasteiger partial charge in [0.15, 0.2) is 0 Å². The Balaban J connectivity index is 2.11. The lowest BCUT2D eigenvalue weighted by atomic mass is 9.88. The molecule has 1 heterocycles. The highest BCUT2D eigenvalue weighted by Crippen LogP contribution is 2.36. The van der Waals surface area contributed by atoms with E-state index in [1.54, 1.807) is 48.5 Å². The number of aliphatic hydroxyl groups excluding tert-OH is 1. The lowest BCUT2D eigenvalue weighted by Crippen LogP contribution is -2.19. The zero-order valence-electron chi connectivity index (χ0n) is 13.9. The monoisotopic (exact) mass is 354 g/mol. The number of benzene rings is 2. The third kappa shape index (κ3) is 3.60. The van der Waals surface area contributed by atoms with Crippen LogP contribution in [0.1, 0.15) is 23.5 Å². The van der Waals surface area contributed by atoms with E-state index < -0.39 is 17.5 Å². The summed E-state index contributed by atoms with van der Waals surface area (Å²) in [5.41, 5.74) is 0.251. The summed E-state index contributed by atoms with van der Waals surface area (Å²) in [5.74, 6) is -1.52. The summed E-state index contributed by atoms with van der Waals surface area (Å²) < 4.78 is 10.3. The standard InChI is InChI=1S/C20H18O6/c21-10-11-25-17(22)12-15(13-6-2-1-3-7-13)18-19(23)14-8-4-5-9-16(14)26-20(18)24/h1-9,15,21,23H,10-12H2. The Morgan fingerprint density at radius 2 is 1.77 bits per heavy atom. The van der Waals surface area contributed by atoms with Crippen molar-refractivity contribution in [2.24, 2.45) is 0 Å². The molecule has 3 aromatic rings. The van der Waals surface area contributed by atoms with Crippen LogP contribution < -0.4 is 5.63 Å². The number of fused-ring (bicyclic) bond motifs is 1. The summed E-state index contributed by atoms with van der Waals surface area (Å²) >= 11 is 0. The molecule has 26 heavy (non-hydrogen) atoms. The molecule has 0 saturated heterocycles. The van der Waals surface area contributed by atoms with Crippen LogP contribution in [0, 0.1) is 0 Å². The lowest BCUT2D eigenvalue weighted by Gasteiger charge is -2.18. The number of aliphatic hydroxyl groups is 1. The van der Waals surface area contributed by atoms with Crippen molar-refractivity contribution in [3.63, 3.8) is 0 Å². The Kier molecular flexibility index (Phi) is 5.34. The number of para-hydroxylation sites is 1. The molecular formula is C20H18O6. The van der Waals surface area contributed by atoms with E-state index in [0.29, 0.717) is 10.9 Å². The molecule has 0 spiro atoms. The maximum atomic E-state index is 12.5. The molecule has 0 saturated carbocycles. The molecule has 134 valence electrons. The van der Waals surface area contributed by atoms with Crippen molar-refractivity contribution >= 4 is 16.9 Å². The summed E-state index contributed by atoms with van der Waals surface area (Å²) in [7, 11) is 0. The molecule has 0 aliphatic rings. The van der Waals surface area contributed by atoms with E-state index >= 15 is 0 Å². The quantitative estimate of drug-likeness (QED) is 0.522. The molecule has 3 rings (SSSR count). The first-order valence-corrected chi connectivity index (χ1v) is 8.18. The Morgan fingerprint density at radius 3 is 2.50 bits per heavy atom. The molecule has 1 atom stereocenters. The maximum Gasteiger partial charge on any atom is 0.343 e. The zero-order valence-corrected chi connectivity index (χ0v) is 13.9. The second-order valence-electron chi connectivity index (χ2n) is 5.76. The molecule has 0 radical (unpaired) electrons. The third-order valence-corrected chi connectivity index (χ3v) is 4.10. The molecule has 0 aliphatic carbocycles. The fraction of sp³-hybridized carbons (Fsp3) is 0.200. The van der Waals surface area contributed by atoms with Crippen LogP contribution in [0.15, 0.2) is 63.8 Å². The largest absolute Gasteiger partial charge is 0.507 e. The molecule has 0 amide bonds. The van der Waals surface area contributed by atoms with E-state index in [-0.39, 0.29) is 36.5 Å². The first-order chi connectivity index (χ1) is 12.6. The topological polar surface area (TPSA) is 97.0 Å². The average Bonchev–Trinajstić information content (AvgIpc) is 2.66. The van der Waals surface area contributed by atoms with Crippen LogP contribution in [-0.4, -0.2) is 29.4 Å². The number of carbonyl (C=O) groups excluding carboxylic acids is 1. The van der Waals surface area contributed by atoms with Crippen LogP contribution >= 0.6 is 0 Å². The summed E-state index contributed by atoms with van der Waals surface area (Å²) in [6.07, 6.45) is -0.166. The Morgan fingerprint density at radius 1 is 1.08 bits per heavy atom. The highest BCUT2D eigenvalue weighted by atomic mass is 16.5. The van der Waals surface area contributed by atoms with Gasteiger partial charge in [-0.3, -0.25) is 4.79 Å². The van der Waals surface area contributed by atoms with Crippen molar-refractivity contribution in [2.45, 2.75) is 12.3 Å². The van der Waals surface area contributed by atoms with Gasteiger partial charge < -0.3 is 19.4 Å². The van der Waals surface area contributed by atoms with Gasteiger partial charge in [-0.05, 0) is 17.7 Å². The van der Waals surface area contributed by atoms with Crippen molar-refractivity contribution in [2.75, 3.05) is 13.2 Å². The molecule has 2 aromatic carbocycles. The minimum atomic E-state index is -0.733. The first kappa shape index (κ1) is 17.7. The van der Waals surface area contributed by atoms with E-state index in [4.69, 9.17) is 14.3 Å². The van der Waals surface area contributed by atoms with Gasteiger partial charge in [0.25, 0.3) is 0 Å². The number of hydrogen-bond donors (Lipinski definition) is 2. The molecule has 6 heteroatoms. The molecule has 0 bridgehead atoms. The normalized spacial score (nSPS) is 12.0. The minimum absolute atomic E-state index is 0.0100. The Bertz CT molecular complexity index is 961. The number of rotatable bonds is 6. The smallest absolute Gasteiger partial charge is 0.343 e. The third-order valence-electron chi connectivity index (χ3n) is 4.10. The second kappa shape index (κ2) is 7.84. The predicted octanol–water partition coefficient (Wildman–Crippen LogP) is 2.56. The van der Waals surface area contributed by atoms with E-state index in [1.807, 2.05) is 6.07 Å². The van der Waals surface area contributed by atoms with Gasteiger partial charge in [-0.2, -0.15) is 0 Å². The van der Waals surface area contributed by atoms with Gasteiger partial charge in [0.1, 0.15) is 17.9 Å². The molecule has 1 aromatic heterocycles. The van der Waals surface area contributed by atoms with Crippen molar-refractivity contribution < 1.29 is 24.2 Å². The molecule has 1 unspecified atom stereocenters. The molecular weight excluding hydrogens is 336 g/mol. The van der Waals surface area contributed by atoms with E-state index in [2.05, 4.69) is 0 Å². The highest BCUT2D eigenvalue weighted by Gasteiger charge is 2.27. The molecule has 2 N–H and O–H groups in total. The Labute approximate surface area is 149 Å². The number of ether oxygens (including phenoxy) is 1. The molecule has 6 nitrogen and oxygen atoms in total. The predicted molar refractivity (Wildman–Crippen MR) is 95.1 cm³/mol. The van der Waals surface area contributed by atoms with Crippen molar-refractivity contribution in [3.8, 4) is 5.75 Å². The van der Waals surface area contributed by atoms with Gasteiger partial charge in [0.2, 0.25) is 0 Å². The second-order valence-corrected chi connectivity index (χ2v) is 5.76. The van der Waals surface area contributed by atoms with Crippen molar-refractivity contribution in [1.82, 2.24) is 0 Å². The van der Waals surface area contributed by atoms with Gasteiger partial charge in [-0.1, -0.05) is 42.5 Å². The van der Waals surface area contributed by atoms with Crippen molar-refractivity contribution in [3.05, 3.63) is 76.1 Å². The molecule has 0 fully saturated rings. The van der Waals surface area contributed by atoms with Crippen LogP contribution in [0.3, 0.4) is 0 Å². The van der Waals surface area contributed by atoms with Gasteiger partial charge in [0, 0.05) is 5.92 Å². The SMILES string of the molecule is O=C(CC(c1ccccc1)c1c(O)c2ccccc2oc1=O)OCCO. The molecule has 0 aliphatic heterocycles. The minimum Gasteiger partial charge on any atom is -0.507 e. The van der Waals surface area contributed by atoms with Crippen molar-refractivity contribution in [1.29, 1.82) is 0 Å². The van der Waals surface area contributed by atoms with E-state index in [1.165, 1.54) is 0 Å². The van der Waals surface area contributed by atoms with Crippen LogP contribution in [-0.2, 0) is 9.53 Å². The summed E-state index contributed by atoms with van der Waals surface area (Å²) in [6, 6.07) is 15.5. The van der Waals surface area contributed by atoms with E-state index in [0.717, 1.165) is 0 Å². The van der Waals surface area contributed by atoms with E-state index in [9.17, 15) is 14.7 Å². The fourth-order valence-electron chi connectivity index (χ4n) is 2.91. The van der Waals surface area contributed by atoms with Gasteiger partial charge >= 0.3 is 11.6 Å². The first-order valence-electron chi connectivity index (χ1n) is 8.18. The van der Waals surface area contributed by atoms with Gasteiger partial charge in [0.05, 0.1) is 24.0 Å². The fourth-order valence-corrected chi connectivity index (χ4v) is 2.91. The van der Waals surface area contributed by atoms with Gasteiger partial charge in [-0.25, -0.2) is 4.79 Å². The summed E-state index contributed by atoms with van der Waals surface area (Å²) in [6.45, 7) is -0.413. The van der Waals surface area contributed by atoms with Crippen LogP contribution in [0.4, 0.5) is 0 Å². The van der Waals surface area contributed by atoms with Crippen LogP contribution in [0.25, 0.3) is 11.0 Å². The van der Waals surface area contributed by atoms with Gasteiger partial charge in [-0.15, -0.1) is 0 Å². The maximum absolute atomic E-state index is 12.5. The Hall–Kier alpha value is -3.12. The average molecular weight is 354 g/mol. The highest BCUT2D eigenvalue weighted by molar-refractivity contribution is 5.84. The summed E-state index contributed by atoms with van der Waals surface area (Å²) in [5, 5.41) is 19.9. The van der Waals surface area contributed by atoms with Crippen LogP contribution in [0.5, 0.6) is 5.75 Å². The number of hydrogen-bond acceptors (Lipinski definition) is 6.